The Morgan fingerprint density at radius 3 is 2.57 bits per heavy atom. The predicted molar refractivity (Wildman–Crippen MR) is 140 cm³/mol. The molecule has 0 aliphatic carbocycles. The smallest absolute Gasteiger partial charge is 0.191 e. The van der Waals surface area contributed by atoms with Crippen molar-refractivity contribution in [2.75, 3.05) is 70.5 Å². The second-order valence-corrected chi connectivity index (χ2v) is 7.61. The number of rotatable bonds is 12. The molecule has 1 saturated heterocycles. The van der Waals surface area contributed by atoms with Crippen LogP contribution in [-0.2, 0) is 4.74 Å². The van der Waals surface area contributed by atoms with Crippen LogP contribution in [0.3, 0.4) is 0 Å². The van der Waals surface area contributed by atoms with Gasteiger partial charge in [-0.05, 0) is 64.3 Å². The number of unbranched alkanes of at least 4 members (excludes halogenated alkanes) is 1. The summed E-state index contributed by atoms with van der Waals surface area (Å²) in [6.07, 6.45) is 3.36. The highest BCUT2D eigenvalue weighted by Crippen LogP contribution is 2.17. The highest BCUT2D eigenvalue weighted by Gasteiger charge is 2.16. The molecular weight excluding hydrogens is 489 g/mol. The molecule has 1 aromatic rings. The molecule has 1 fully saturated rings. The zero-order valence-corrected chi connectivity index (χ0v) is 21.5. The van der Waals surface area contributed by atoms with Crippen LogP contribution in [0, 0.1) is 6.92 Å². The van der Waals surface area contributed by atoms with E-state index in [0.717, 1.165) is 71.4 Å². The number of ether oxygens (including phenoxy) is 1. The van der Waals surface area contributed by atoms with Crippen LogP contribution < -0.4 is 15.5 Å². The lowest BCUT2D eigenvalue weighted by atomic mass is 10.2. The SMILES string of the molecule is CCNC(=NCCCOCC)NCCCCN1CCN(c2cccc(C)c2)CC1.I. The van der Waals surface area contributed by atoms with Gasteiger partial charge in [0.1, 0.15) is 0 Å². The van der Waals surface area contributed by atoms with Crippen molar-refractivity contribution in [3.8, 4) is 0 Å². The second-order valence-electron chi connectivity index (χ2n) is 7.61. The summed E-state index contributed by atoms with van der Waals surface area (Å²) in [6.45, 7) is 16.3. The van der Waals surface area contributed by atoms with E-state index in [-0.39, 0.29) is 24.0 Å². The summed E-state index contributed by atoms with van der Waals surface area (Å²) in [6, 6.07) is 8.85. The monoisotopic (exact) mass is 531 g/mol. The van der Waals surface area contributed by atoms with Gasteiger partial charge in [-0.15, -0.1) is 24.0 Å². The van der Waals surface area contributed by atoms with E-state index >= 15 is 0 Å². The van der Waals surface area contributed by atoms with Gasteiger partial charge in [0.05, 0.1) is 0 Å². The van der Waals surface area contributed by atoms with Crippen LogP contribution in [0.15, 0.2) is 29.3 Å². The molecule has 0 spiro atoms. The fraction of sp³-hybridized carbons (Fsp3) is 0.696. The number of nitrogens with one attached hydrogen (secondary N) is 2. The summed E-state index contributed by atoms with van der Waals surface area (Å²) in [5.74, 6) is 0.927. The Balaban J connectivity index is 0.00000450. The van der Waals surface area contributed by atoms with E-state index in [9.17, 15) is 0 Å². The van der Waals surface area contributed by atoms with Crippen molar-refractivity contribution in [3.05, 3.63) is 29.8 Å². The molecule has 1 aliphatic heterocycles. The summed E-state index contributed by atoms with van der Waals surface area (Å²) in [4.78, 5) is 9.72. The Kier molecular flexibility index (Phi) is 14.9. The average Bonchev–Trinajstić information content (AvgIpc) is 2.73. The maximum Gasteiger partial charge on any atom is 0.191 e. The van der Waals surface area contributed by atoms with Gasteiger partial charge in [-0.25, -0.2) is 0 Å². The van der Waals surface area contributed by atoms with Crippen molar-refractivity contribution in [2.24, 2.45) is 4.99 Å². The Hall–Kier alpha value is -1.06. The summed E-state index contributed by atoms with van der Waals surface area (Å²) < 4.78 is 5.37. The number of aryl methyl sites for hydroxylation is 1. The molecule has 0 bridgehead atoms. The number of nitrogens with zero attached hydrogens (tertiary/aromatic N) is 3. The number of hydrogen-bond donors (Lipinski definition) is 2. The first-order chi connectivity index (χ1) is 14.2. The Bertz CT molecular complexity index is 591. The van der Waals surface area contributed by atoms with Crippen molar-refractivity contribution in [1.29, 1.82) is 0 Å². The number of halogens is 1. The molecule has 0 unspecified atom stereocenters. The van der Waals surface area contributed by atoms with Crippen molar-refractivity contribution in [2.45, 2.75) is 40.0 Å². The van der Waals surface area contributed by atoms with Crippen LogP contribution >= 0.6 is 24.0 Å². The van der Waals surface area contributed by atoms with Crippen LogP contribution in [0.2, 0.25) is 0 Å². The van der Waals surface area contributed by atoms with Gasteiger partial charge in [-0.3, -0.25) is 9.89 Å². The molecule has 2 N–H and O–H groups in total. The van der Waals surface area contributed by atoms with E-state index in [2.05, 4.69) is 63.5 Å². The van der Waals surface area contributed by atoms with Crippen LogP contribution in [0.4, 0.5) is 5.69 Å². The lowest BCUT2D eigenvalue weighted by Crippen LogP contribution is -2.46. The number of guanidine groups is 1. The molecule has 6 nitrogen and oxygen atoms in total. The molecule has 0 atom stereocenters. The molecule has 1 aromatic carbocycles. The first-order valence-corrected chi connectivity index (χ1v) is 11.4. The van der Waals surface area contributed by atoms with Crippen molar-refractivity contribution in [3.63, 3.8) is 0 Å². The third-order valence-electron chi connectivity index (χ3n) is 5.20. The summed E-state index contributed by atoms with van der Waals surface area (Å²) in [5, 5.41) is 6.77. The molecule has 1 heterocycles. The first kappa shape index (κ1) is 27.0. The van der Waals surface area contributed by atoms with Gasteiger partial charge in [-0.1, -0.05) is 12.1 Å². The molecule has 172 valence electrons. The number of aliphatic imine (C=N–C) groups is 1. The largest absolute Gasteiger partial charge is 0.382 e. The minimum Gasteiger partial charge on any atom is -0.382 e. The number of hydrogen-bond acceptors (Lipinski definition) is 4. The van der Waals surface area contributed by atoms with E-state index in [0.29, 0.717) is 0 Å². The molecule has 7 heteroatoms. The molecule has 2 rings (SSSR count). The fourth-order valence-corrected chi connectivity index (χ4v) is 3.57. The molecule has 0 radical (unpaired) electrons. The van der Waals surface area contributed by atoms with Crippen molar-refractivity contribution >= 4 is 35.6 Å². The van der Waals surface area contributed by atoms with E-state index in [1.807, 2.05) is 6.92 Å². The molecule has 1 aliphatic rings. The fourth-order valence-electron chi connectivity index (χ4n) is 3.57. The van der Waals surface area contributed by atoms with Crippen LogP contribution in [0.1, 0.15) is 38.7 Å². The van der Waals surface area contributed by atoms with Crippen molar-refractivity contribution in [1.82, 2.24) is 15.5 Å². The highest BCUT2D eigenvalue weighted by atomic mass is 127. The van der Waals surface area contributed by atoms with Gasteiger partial charge in [0.2, 0.25) is 0 Å². The van der Waals surface area contributed by atoms with E-state index < -0.39 is 0 Å². The Labute approximate surface area is 200 Å². The quantitative estimate of drug-likeness (QED) is 0.187. The van der Waals surface area contributed by atoms with Gasteiger partial charge in [0, 0.05) is 64.7 Å². The van der Waals surface area contributed by atoms with Crippen LogP contribution in [0.5, 0.6) is 0 Å². The standard InChI is InChI=1S/C23H41N5O.HI/c1-4-24-23(26-13-9-19-29-5-2)25-12-6-7-14-27-15-17-28(18-16-27)22-11-8-10-21(3)20-22;/h8,10-11,20H,4-7,9,12-19H2,1-3H3,(H2,24,25,26);1H. The number of anilines is 1. The number of benzene rings is 1. The van der Waals surface area contributed by atoms with Crippen LogP contribution in [-0.4, -0.2) is 76.4 Å². The molecule has 30 heavy (non-hydrogen) atoms. The highest BCUT2D eigenvalue weighted by molar-refractivity contribution is 14.0. The Morgan fingerprint density at radius 2 is 1.87 bits per heavy atom. The van der Waals surface area contributed by atoms with Gasteiger partial charge >= 0.3 is 0 Å². The second kappa shape index (κ2) is 16.6. The zero-order valence-electron chi connectivity index (χ0n) is 19.2. The third-order valence-corrected chi connectivity index (χ3v) is 5.20. The summed E-state index contributed by atoms with van der Waals surface area (Å²) in [5.41, 5.74) is 2.71. The Morgan fingerprint density at radius 1 is 1.07 bits per heavy atom. The number of piperazine rings is 1. The first-order valence-electron chi connectivity index (χ1n) is 11.4. The van der Waals surface area contributed by atoms with E-state index in [1.54, 1.807) is 0 Å². The molecule has 0 saturated carbocycles. The maximum atomic E-state index is 5.37. The van der Waals surface area contributed by atoms with E-state index in [4.69, 9.17) is 4.74 Å². The lowest BCUT2D eigenvalue weighted by Gasteiger charge is -2.36. The van der Waals surface area contributed by atoms with Crippen LogP contribution in [0.25, 0.3) is 0 Å². The van der Waals surface area contributed by atoms with Gasteiger partial charge < -0.3 is 20.3 Å². The summed E-state index contributed by atoms with van der Waals surface area (Å²) in [7, 11) is 0. The minimum atomic E-state index is 0. The van der Waals surface area contributed by atoms with Gasteiger partial charge in [-0.2, -0.15) is 0 Å². The lowest BCUT2D eigenvalue weighted by molar-refractivity contribution is 0.146. The average molecular weight is 532 g/mol. The topological polar surface area (TPSA) is 52.1 Å². The van der Waals surface area contributed by atoms with Gasteiger partial charge in [0.25, 0.3) is 0 Å². The van der Waals surface area contributed by atoms with Gasteiger partial charge in [0.15, 0.2) is 5.96 Å². The van der Waals surface area contributed by atoms with Crippen molar-refractivity contribution < 1.29 is 4.74 Å². The zero-order chi connectivity index (χ0) is 20.7. The molecule has 0 aromatic heterocycles. The normalized spacial score (nSPS) is 15.0. The molecular formula is C23H42IN5O. The third kappa shape index (κ3) is 10.8. The van der Waals surface area contributed by atoms with E-state index in [1.165, 1.54) is 30.6 Å². The molecule has 0 amide bonds. The minimum absolute atomic E-state index is 0. The predicted octanol–water partition coefficient (Wildman–Crippen LogP) is 3.50. The maximum absolute atomic E-state index is 5.37. The summed E-state index contributed by atoms with van der Waals surface area (Å²) >= 11 is 0.